The summed E-state index contributed by atoms with van der Waals surface area (Å²) < 4.78 is 16.0. The second kappa shape index (κ2) is 7.14. The van der Waals surface area contributed by atoms with Crippen molar-refractivity contribution >= 4 is 17.5 Å². The normalized spacial score (nSPS) is 16.8. The van der Waals surface area contributed by atoms with Crippen molar-refractivity contribution in [2.24, 2.45) is 0 Å². The number of nitro groups is 1. The summed E-state index contributed by atoms with van der Waals surface area (Å²) in [7, 11) is 0. The van der Waals surface area contributed by atoms with Gasteiger partial charge in [-0.25, -0.2) is 0 Å². The summed E-state index contributed by atoms with van der Waals surface area (Å²) in [6.07, 6.45) is 2.12. The van der Waals surface area contributed by atoms with Crippen molar-refractivity contribution in [1.82, 2.24) is 0 Å². The van der Waals surface area contributed by atoms with Crippen LogP contribution in [0, 0.1) is 10.1 Å². The number of hydrogen-bond donors (Lipinski definition) is 1. The molecule has 126 valence electrons. The molecule has 24 heavy (non-hydrogen) atoms. The largest absolute Gasteiger partial charge is 0.491 e. The molecule has 8 nitrogen and oxygen atoms in total. The highest BCUT2D eigenvalue weighted by Crippen LogP contribution is 2.21. The molecule has 2 aromatic rings. The van der Waals surface area contributed by atoms with Gasteiger partial charge in [0.1, 0.15) is 17.3 Å². The number of anilines is 1. The smallest absolute Gasteiger partial charge is 0.433 e. The Morgan fingerprint density at radius 3 is 2.96 bits per heavy atom. The first-order valence-corrected chi connectivity index (χ1v) is 7.52. The van der Waals surface area contributed by atoms with Gasteiger partial charge in [0.15, 0.2) is 5.76 Å². The van der Waals surface area contributed by atoms with E-state index >= 15 is 0 Å². The Kier molecular flexibility index (Phi) is 4.76. The van der Waals surface area contributed by atoms with E-state index in [-0.39, 0.29) is 11.9 Å². The lowest BCUT2D eigenvalue weighted by atomic mass is 10.2. The molecule has 1 fully saturated rings. The van der Waals surface area contributed by atoms with Crippen molar-refractivity contribution in [2.75, 3.05) is 18.5 Å². The van der Waals surface area contributed by atoms with Crippen LogP contribution in [-0.2, 0) is 4.74 Å². The molecule has 1 aliphatic rings. The fraction of sp³-hybridized carbons (Fsp3) is 0.312. The second-order valence-corrected chi connectivity index (χ2v) is 5.32. The minimum absolute atomic E-state index is 0.104. The van der Waals surface area contributed by atoms with E-state index in [0.29, 0.717) is 18.0 Å². The van der Waals surface area contributed by atoms with Gasteiger partial charge in [-0.2, -0.15) is 0 Å². The third-order valence-corrected chi connectivity index (χ3v) is 3.55. The number of benzene rings is 1. The molecule has 8 heteroatoms. The lowest BCUT2D eigenvalue weighted by Crippen LogP contribution is -2.16. The van der Waals surface area contributed by atoms with Crippen molar-refractivity contribution in [3.63, 3.8) is 0 Å². The van der Waals surface area contributed by atoms with E-state index in [1.807, 2.05) is 0 Å². The first kappa shape index (κ1) is 16.0. The fourth-order valence-corrected chi connectivity index (χ4v) is 2.37. The third kappa shape index (κ3) is 3.90. The molecule has 1 aromatic heterocycles. The number of carbonyl (C=O) groups is 1. The van der Waals surface area contributed by atoms with Gasteiger partial charge in [-0.1, -0.05) is 6.07 Å². The molecule has 1 N–H and O–H groups in total. The number of nitrogens with zero attached hydrogens (tertiary/aromatic N) is 1. The van der Waals surface area contributed by atoms with Crippen LogP contribution in [0.4, 0.5) is 11.6 Å². The van der Waals surface area contributed by atoms with Gasteiger partial charge < -0.3 is 19.2 Å². The predicted molar refractivity (Wildman–Crippen MR) is 84.2 cm³/mol. The highest BCUT2D eigenvalue weighted by molar-refractivity contribution is 6.02. The summed E-state index contributed by atoms with van der Waals surface area (Å²) in [6, 6.07) is 9.27. The molecule has 2 heterocycles. The summed E-state index contributed by atoms with van der Waals surface area (Å²) in [4.78, 5) is 21.9. The van der Waals surface area contributed by atoms with Gasteiger partial charge in [0.2, 0.25) is 0 Å². The standard InChI is InChI=1S/C16H16N2O6/c19-16(14-6-7-15(24-14)18(20)21)17-11-3-1-4-12(9-11)23-10-13-5-2-8-22-13/h1,3-4,6-7,9,13H,2,5,8,10H2,(H,17,19). The zero-order valence-corrected chi connectivity index (χ0v) is 12.8. The zero-order chi connectivity index (χ0) is 16.9. The molecule has 0 radical (unpaired) electrons. The minimum atomic E-state index is -0.698. The van der Waals surface area contributed by atoms with Crippen LogP contribution in [0.2, 0.25) is 0 Å². The quantitative estimate of drug-likeness (QED) is 0.644. The minimum Gasteiger partial charge on any atom is -0.491 e. The number of amides is 1. The molecule has 1 aliphatic heterocycles. The van der Waals surface area contributed by atoms with E-state index in [0.717, 1.165) is 25.5 Å². The van der Waals surface area contributed by atoms with Gasteiger partial charge in [-0.05, 0) is 31.0 Å². The molecular weight excluding hydrogens is 316 g/mol. The first-order chi connectivity index (χ1) is 11.6. The highest BCUT2D eigenvalue weighted by atomic mass is 16.6. The number of rotatable bonds is 6. The van der Waals surface area contributed by atoms with Crippen molar-refractivity contribution < 1.29 is 23.6 Å². The molecule has 1 aromatic carbocycles. The number of hydrogen-bond acceptors (Lipinski definition) is 6. The molecule has 0 saturated carbocycles. The molecule has 0 bridgehead atoms. The molecule has 1 unspecified atom stereocenters. The molecular formula is C16H16N2O6. The Hall–Kier alpha value is -2.87. The van der Waals surface area contributed by atoms with Crippen molar-refractivity contribution in [3.05, 3.63) is 52.3 Å². The zero-order valence-electron chi connectivity index (χ0n) is 12.8. The molecule has 0 spiro atoms. The van der Waals surface area contributed by atoms with Crippen LogP contribution < -0.4 is 10.1 Å². The Morgan fingerprint density at radius 1 is 1.38 bits per heavy atom. The van der Waals surface area contributed by atoms with Gasteiger partial charge in [0, 0.05) is 18.4 Å². The van der Waals surface area contributed by atoms with Crippen molar-refractivity contribution in [1.29, 1.82) is 0 Å². The maximum absolute atomic E-state index is 12.0. The molecule has 1 amide bonds. The summed E-state index contributed by atoms with van der Waals surface area (Å²) in [5, 5.41) is 13.2. The summed E-state index contributed by atoms with van der Waals surface area (Å²) in [5.41, 5.74) is 0.504. The van der Waals surface area contributed by atoms with Crippen LogP contribution >= 0.6 is 0 Å². The van der Waals surface area contributed by atoms with E-state index in [1.165, 1.54) is 6.07 Å². The van der Waals surface area contributed by atoms with Gasteiger partial charge in [0.25, 0.3) is 5.91 Å². The van der Waals surface area contributed by atoms with Crippen LogP contribution in [0.1, 0.15) is 23.4 Å². The Bertz CT molecular complexity index is 736. The number of ether oxygens (including phenoxy) is 2. The van der Waals surface area contributed by atoms with E-state index in [4.69, 9.17) is 13.9 Å². The van der Waals surface area contributed by atoms with Crippen LogP contribution in [0.15, 0.2) is 40.8 Å². The lowest BCUT2D eigenvalue weighted by Gasteiger charge is -2.12. The SMILES string of the molecule is O=C(Nc1cccc(OCC2CCCO2)c1)c1ccc([N+](=O)[O-])o1. The molecule has 1 atom stereocenters. The lowest BCUT2D eigenvalue weighted by molar-refractivity contribution is -0.402. The number of nitrogens with one attached hydrogen (secondary N) is 1. The Morgan fingerprint density at radius 2 is 2.25 bits per heavy atom. The predicted octanol–water partition coefficient (Wildman–Crippen LogP) is 3.00. The van der Waals surface area contributed by atoms with Gasteiger partial charge in [-0.3, -0.25) is 14.9 Å². The molecule has 3 rings (SSSR count). The van der Waals surface area contributed by atoms with Crippen LogP contribution in [0.5, 0.6) is 5.75 Å². The Labute approximate surface area is 137 Å². The van der Waals surface area contributed by atoms with Crippen molar-refractivity contribution in [3.8, 4) is 5.75 Å². The maximum atomic E-state index is 12.0. The van der Waals surface area contributed by atoms with Gasteiger partial charge in [0.05, 0.1) is 12.2 Å². The summed E-state index contributed by atoms with van der Waals surface area (Å²) in [5.74, 6) is -0.575. The van der Waals surface area contributed by atoms with E-state index in [9.17, 15) is 14.9 Å². The topological polar surface area (TPSA) is 104 Å². The molecule has 1 saturated heterocycles. The highest BCUT2D eigenvalue weighted by Gasteiger charge is 2.18. The van der Waals surface area contributed by atoms with Crippen LogP contribution in [-0.4, -0.2) is 30.1 Å². The first-order valence-electron chi connectivity index (χ1n) is 7.52. The van der Waals surface area contributed by atoms with Gasteiger partial charge in [-0.15, -0.1) is 0 Å². The van der Waals surface area contributed by atoms with Gasteiger partial charge >= 0.3 is 5.88 Å². The van der Waals surface area contributed by atoms with E-state index in [1.54, 1.807) is 24.3 Å². The van der Waals surface area contributed by atoms with Crippen LogP contribution in [0.3, 0.4) is 0 Å². The fourth-order valence-electron chi connectivity index (χ4n) is 2.37. The monoisotopic (exact) mass is 332 g/mol. The average Bonchev–Trinajstić information content (AvgIpc) is 3.25. The van der Waals surface area contributed by atoms with E-state index in [2.05, 4.69) is 5.32 Å². The second-order valence-electron chi connectivity index (χ2n) is 5.32. The maximum Gasteiger partial charge on any atom is 0.433 e. The third-order valence-electron chi connectivity index (χ3n) is 3.55. The average molecular weight is 332 g/mol. The number of carbonyl (C=O) groups excluding carboxylic acids is 1. The molecule has 0 aliphatic carbocycles. The van der Waals surface area contributed by atoms with Crippen molar-refractivity contribution in [2.45, 2.75) is 18.9 Å². The number of furan rings is 1. The van der Waals surface area contributed by atoms with Crippen LogP contribution in [0.25, 0.3) is 0 Å². The Balaban J connectivity index is 1.60. The summed E-state index contributed by atoms with van der Waals surface area (Å²) >= 11 is 0. The van der Waals surface area contributed by atoms with E-state index < -0.39 is 16.7 Å². The summed E-state index contributed by atoms with van der Waals surface area (Å²) in [6.45, 7) is 1.22.